The Balaban J connectivity index is 2.43. The van der Waals surface area contributed by atoms with E-state index in [2.05, 4.69) is 60.7 Å². The number of nitrogens with one attached hydrogen (secondary N) is 2. The lowest BCUT2D eigenvalue weighted by Gasteiger charge is -2.25. The van der Waals surface area contributed by atoms with Gasteiger partial charge in [-0.3, -0.25) is 9.79 Å². The fourth-order valence-electron chi connectivity index (χ4n) is 2.44. The molecule has 1 rings (SSSR count). The van der Waals surface area contributed by atoms with Gasteiger partial charge in [-0.15, -0.1) is 0 Å². The number of aryl methyl sites for hydroxylation is 1. The van der Waals surface area contributed by atoms with Crippen LogP contribution in [-0.4, -0.2) is 56.4 Å². The van der Waals surface area contributed by atoms with Gasteiger partial charge in [0.15, 0.2) is 0 Å². The fraction of sp³-hybridized carbons (Fsp3) is 0.619. The molecule has 26 heavy (non-hydrogen) atoms. The zero-order valence-corrected chi connectivity index (χ0v) is 17.5. The molecule has 0 aliphatic rings. The van der Waals surface area contributed by atoms with Gasteiger partial charge in [0, 0.05) is 19.6 Å². The van der Waals surface area contributed by atoms with Crippen molar-refractivity contribution in [2.45, 2.75) is 52.0 Å². The predicted octanol–water partition coefficient (Wildman–Crippen LogP) is 2.74. The molecule has 1 amide bonds. The van der Waals surface area contributed by atoms with Crippen LogP contribution < -0.4 is 10.6 Å². The number of carbonyl (C=O) groups is 1. The van der Waals surface area contributed by atoms with Crippen molar-refractivity contribution in [3.63, 3.8) is 0 Å². The summed E-state index contributed by atoms with van der Waals surface area (Å²) in [6, 6.07) is 8.69. The summed E-state index contributed by atoms with van der Waals surface area (Å²) < 4.78 is 0. The minimum atomic E-state index is -0.678. The van der Waals surface area contributed by atoms with Gasteiger partial charge >= 0.3 is 0 Å². The summed E-state index contributed by atoms with van der Waals surface area (Å²) in [5, 5.41) is 6.05. The first-order valence-corrected chi connectivity index (χ1v) is 9.31. The Morgan fingerprint density at radius 2 is 1.77 bits per heavy atom. The summed E-state index contributed by atoms with van der Waals surface area (Å²) in [5.41, 5.74) is 2.00. The van der Waals surface area contributed by atoms with E-state index in [4.69, 9.17) is 0 Å². The molecule has 0 unspecified atom stereocenters. The smallest absolute Gasteiger partial charge is 0.245 e. The number of amides is 1. The Morgan fingerprint density at radius 1 is 1.15 bits per heavy atom. The second-order valence-corrected chi connectivity index (χ2v) is 8.36. The fourth-order valence-corrected chi connectivity index (χ4v) is 2.44. The summed E-state index contributed by atoms with van der Waals surface area (Å²) in [6.07, 6.45) is 2.61. The normalized spacial score (nSPS) is 12.6. The molecule has 2 N–H and O–H groups in total. The average molecular weight is 361 g/mol. The molecule has 0 bridgehead atoms. The van der Waals surface area contributed by atoms with E-state index in [1.807, 2.05) is 32.8 Å². The minimum absolute atomic E-state index is 0.0224. The van der Waals surface area contributed by atoms with Crippen molar-refractivity contribution in [3.05, 3.63) is 35.4 Å². The maximum Gasteiger partial charge on any atom is 0.245 e. The number of aliphatic imine (C=N–C) groups is 1. The molecule has 0 atom stereocenters. The van der Waals surface area contributed by atoms with Crippen molar-refractivity contribution in [1.82, 2.24) is 15.5 Å². The van der Waals surface area contributed by atoms with Crippen molar-refractivity contribution < 1.29 is 4.79 Å². The molecule has 146 valence electrons. The van der Waals surface area contributed by atoms with Crippen molar-refractivity contribution in [2.75, 3.05) is 33.7 Å². The Labute approximate surface area is 159 Å². The monoisotopic (exact) mass is 360 g/mol. The van der Waals surface area contributed by atoms with Crippen molar-refractivity contribution >= 4 is 12.2 Å². The number of hydrogen-bond donors (Lipinski definition) is 2. The van der Waals surface area contributed by atoms with Gasteiger partial charge in [-0.2, -0.15) is 0 Å². The number of benzene rings is 1. The molecular weight excluding hydrogens is 324 g/mol. The van der Waals surface area contributed by atoms with Crippen molar-refractivity contribution in [1.29, 1.82) is 0 Å². The van der Waals surface area contributed by atoms with E-state index in [-0.39, 0.29) is 11.3 Å². The Hall–Kier alpha value is -1.88. The third-order valence-corrected chi connectivity index (χ3v) is 4.63. The molecule has 0 saturated carbocycles. The van der Waals surface area contributed by atoms with Crippen LogP contribution >= 0.6 is 0 Å². The quantitative estimate of drug-likeness (QED) is 0.498. The van der Waals surface area contributed by atoms with Crippen LogP contribution in [-0.2, 0) is 10.2 Å². The van der Waals surface area contributed by atoms with Crippen molar-refractivity contribution in [3.8, 4) is 0 Å². The highest BCUT2D eigenvalue weighted by molar-refractivity contribution is 5.87. The number of rotatable bonds is 10. The highest BCUT2D eigenvalue weighted by atomic mass is 16.2. The standard InChI is InChI=1S/C21H36N4O/c1-17-8-10-18(11-9-17)20(2,3)12-13-22-16-24-21(4,5)19(26)23-14-15-25(6)7/h8-11,16H,12-15H2,1-7H3,(H,22,24)(H,23,26). The van der Waals surface area contributed by atoms with E-state index in [1.54, 1.807) is 6.34 Å². The summed E-state index contributed by atoms with van der Waals surface area (Å²) in [6.45, 7) is 12.5. The SMILES string of the molecule is Cc1ccc(C(C)(C)CCN=CNC(C)(C)C(=O)NCCN(C)C)cc1. The summed E-state index contributed by atoms with van der Waals surface area (Å²) >= 11 is 0. The van der Waals surface area contributed by atoms with Crippen LogP contribution in [0.4, 0.5) is 0 Å². The van der Waals surface area contributed by atoms with Crippen molar-refractivity contribution in [2.24, 2.45) is 4.99 Å². The maximum atomic E-state index is 12.2. The molecule has 0 radical (unpaired) electrons. The molecule has 0 aliphatic carbocycles. The van der Waals surface area contributed by atoms with Gasteiger partial charge in [-0.05, 0) is 52.3 Å². The number of hydrogen-bond acceptors (Lipinski definition) is 3. The van der Waals surface area contributed by atoms with Gasteiger partial charge in [-0.25, -0.2) is 0 Å². The molecule has 0 saturated heterocycles. The number of likely N-dealkylation sites (N-methyl/N-ethyl adjacent to an activating group) is 1. The van der Waals surface area contributed by atoms with Gasteiger partial charge < -0.3 is 15.5 Å². The molecule has 1 aromatic rings. The molecule has 0 fully saturated rings. The topological polar surface area (TPSA) is 56.7 Å². The number of nitrogens with zero attached hydrogens (tertiary/aromatic N) is 2. The van der Waals surface area contributed by atoms with Crippen LogP contribution in [0, 0.1) is 6.92 Å². The van der Waals surface area contributed by atoms with Crippen LogP contribution in [0.1, 0.15) is 45.2 Å². The molecule has 0 aliphatic heterocycles. The first-order chi connectivity index (χ1) is 12.0. The lowest BCUT2D eigenvalue weighted by Crippen LogP contribution is -2.53. The lowest BCUT2D eigenvalue weighted by molar-refractivity contribution is -0.125. The zero-order valence-electron chi connectivity index (χ0n) is 17.5. The predicted molar refractivity (Wildman–Crippen MR) is 111 cm³/mol. The van der Waals surface area contributed by atoms with Gasteiger partial charge in [-0.1, -0.05) is 43.7 Å². The van der Waals surface area contributed by atoms with Crippen LogP contribution in [0.2, 0.25) is 0 Å². The van der Waals surface area contributed by atoms with Gasteiger partial charge in [0.25, 0.3) is 0 Å². The van der Waals surface area contributed by atoms with Gasteiger partial charge in [0.2, 0.25) is 5.91 Å². The maximum absolute atomic E-state index is 12.2. The third-order valence-electron chi connectivity index (χ3n) is 4.63. The van der Waals surface area contributed by atoms with Crippen LogP contribution in [0.15, 0.2) is 29.3 Å². The Morgan fingerprint density at radius 3 is 2.35 bits per heavy atom. The van der Waals surface area contributed by atoms with E-state index >= 15 is 0 Å². The van der Waals surface area contributed by atoms with E-state index in [0.717, 1.165) is 13.0 Å². The van der Waals surface area contributed by atoms with Crippen LogP contribution in [0.5, 0.6) is 0 Å². The molecule has 0 spiro atoms. The Kier molecular flexibility index (Phi) is 8.28. The van der Waals surface area contributed by atoms with Crippen LogP contribution in [0.3, 0.4) is 0 Å². The average Bonchev–Trinajstić information content (AvgIpc) is 2.54. The molecular formula is C21H36N4O. The molecule has 0 heterocycles. The molecule has 1 aromatic carbocycles. The van der Waals surface area contributed by atoms with E-state index in [0.29, 0.717) is 13.1 Å². The summed E-state index contributed by atoms with van der Waals surface area (Å²) in [4.78, 5) is 18.7. The molecule has 5 nitrogen and oxygen atoms in total. The molecule has 5 heteroatoms. The summed E-state index contributed by atoms with van der Waals surface area (Å²) in [7, 11) is 3.97. The second-order valence-electron chi connectivity index (χ2n) is 8.36. The van der Waals surface area contributed by atoms with Crippen LogP contribution in [0.25, 0.3) is 0 Å². The Bertz CT molecular complexity index is 589. The first-order valence-electron chi connectivity index (χ1n) is 9.31. The second kappa shape index (κ2) is 9.72. The zero-order chi connectivity index (χ0) is 19.8. The molecule has 0 aromatic heterocycles. The lowest BCUT2D eigenvalue weighted by atomic mass is 9.81. The highest BCUT2D eigenvalue weighted by Crippen LogP contribution is 2.27. The van der Waals surface area contributed by atoms with Gasteiger partial charge in [0.1, 0.15) is 5.54 Å². The first kappa shape index (κ1) is 22.2. The minimum Gasteiger partial charge on any atom is -0.363 e. The van der Waals surface area contributed by atoms with Gasteiger partial charge in [0.05, 0.1) is 6.34 Å². The highest BCUT2D eigenvalue weighted by Gasteiger charge is 2.25. The van der Waals surface area contributed by atoms with E-state index in [1.165, 1.54) is 11.1 Å². The third kappa shape index (κ3) is 7.56. The number of carbonyl (C=O) groups excluding carboxylic acids is 1. The largest absolute Gasteiger partial charge is 0.363 e. The van der Waals surface area contributed by atoms with E-state index in [9.17, 15) is 4.79 Å². The van der Waals surface area contributed by atoms with E-state index < -0.39 is 5.54 Å². The summed E-state index contributed by atoms with van der Waals surface area (Å²) in [5.74, 6) is -0.0224.